The van der Waals surface area contributed by atoms with Gasteiger partial charge in [0, 0.05) is 0 Å². The molecule has 2 heterocycles. The minimum Gasteiger partial charge on any atom is -0.497 e. The number of benzene rings is 4. The second kappa shape index (κ2) is 9.62. The highest BCUT2D eigenvalue weighted by molar-refractivity contribution is 7.20. The highest BCUT2D eigenvalue weighted by Crippen LogP contribution is 2.37. The Morgan fingerprint density at radius 2 is 1.34 bits per heavy atom. The van der Waals surface area contributed by atoms with E-state index in [1.807, 2.05) is 60.7 Å². The zero-order valence-electron chi connectivity index (χ0n) is 19.7. The number of halogens is 3. The molecule has 190 valence electrons. The Morgan fingerprint density at radius 1 is 0.632 bits per heavy atom. The molecule has 6 aromatic rings. The van der Waals surface area contributed by atoms with Gasteiger partial charge in [0.05, 0.1) is 33.1 Å². The first kappa shape index (κ1) is 24.2. The van der Waals surface area contributed by atoms with Crippen molar-refractivity contribution in [3.8, 4) is 38.8 Å². The first-order chi connectivity index (χ1) is 18.3. The zero-order chi connectivity index (χ0) is 26.3. The van der Waals surface area contributed by atoms with Gasteiger partial charge in [-0.15, -0.1) is 0 Å². The molecule has 0 saturated heterocycles. The molecule has 4 aromatic carbocycles. The lowest BCUT2D eigenvalue weighted by atomic mass is 10.1. The van der Waals surface area contributed by atoms with Gasteiger partial charge in [-0.2, -0.15) is 13.2 Å². The van der Waals surface area contributed by atoms with Crippen LogP contribution >= 0.6 is 22.7 Å². The van der Waals surface area contributed by atoms with E-state index in [1.165, 1.54) is 28.7 Å². The van der Waals surface area contributed by atoms with E-state index in [4.69, 9.17) is 14.2 Å². The summed E-state index contributed by atoms with van der Waals surface area (Å²) in [5.41, 5.74) is 2.20. The molecule has 0 fully saturated rings. The van der Waals surface area contributed by atoms with Crippen LogP contribution in [-0.4, -0.2) is 17.1 Å². The summed E-state index contributed by atoms with van der Waals surface area (Å²) in [7, 11) is 1.62. The van der Waals surface area contributed by atoms with Crippen LogP contribution in [0.1, 0.15) is 5.56 Å². The molecule has 10 heteroatoms. The first-order valence-corrected chi connectivity index (χ1v) is 13.0. The van der Waals surface area contributed by atoms with E-state index >= 15 is 0 Å². The van der Waals surface area contributed by atoms with Crippen molar-refractivity contribution in [1.29, 1.82) is 0 Å². The van der Waals surface area contributed by atoms with Gasteiger partial charge in [-0.3, -0.25) is 0 Å². The molecular formula is C28H17F3N2O3S2. The van der Waals surface area contributed by atoms with Crippen molar-refractivity contribution in [1.82, 2.24) is 9.97 Å². The number of fused-ring (bicyclic) bond motifs is 2. The van der Waals surface area contributed by atoms with Gasteiger partial charge in [0.1, 0.15) is 17.2 Å². The SMILES string of the molecule is COc1ccc2nc(Oc3ccc(-c4cccc(Oc5nc6cc(C(F)(F)F)ccc6s5)c4)cc3)sc2c1. The fraction of sp³-hybridized carbons (Fsp3) is 0.0714. The summed E-state index contributed by atoms with van der Waals surface area (Å²) in [6, 6.07) is 24.2. The summed E-state index contributed by atoms with van der Waals surface area (Å²) >= 11 is 2.63. The maximum absolute atomic E-state index is 13.0. The molecule has 0 unspecified atom stereocenters. The molecular weight excluding hydrogens is 533 g/mol. The van der Waals surface area contributed by atoms with E-state index in [9.17, 15) is 13.2 Å². The van der Waals surface area contributed by atoms with Crippen LogP contribution < -0.4 is 14.2 Å². The van der Waals surface area contributed by atoms with Crippen LogP contribution in [0.5, 0.6) is 27.6 Å². The number of ether oxygens (including phenoxy) is 3. The Labute approximate surface area is 222 Å². The second-order valence-corrected chi connectivity index (χ2v) is 10.2. The lowest BCUT2D eigenvalue weighted by Gasteiger charge is -2.07. The van der Waals surface area contributed by atoms with Gasteiger partial charge in [-0.25, -0.2) is 9.97 Å². The van der Waals surface area contributed by atoms with Crippen molar-refractivity contribution < 1.29 is 27.4 Å². The highest BCUT2D eigenvalue weighted by atomic mass is 32.1. The Balaban J connectivity index is 1.18. The molecule has 5 nitrogen and oxygen atoms in total. The summed E-state index contributed by atoms with van der Waals surface area (Å²) < 4.78 is 57.7. The number of hydrogen-bond donors (Lipinski definition) is 0. The molecule has 0 amide bonds. The van der Waals surface area contributed by atoms with E-state index in [0.717, 1.165) is 39.2 Å². The van der Waals surface area contributed by atoms with Crippen LogP contribution in [0.15, 0.2) is 84.9 Å². The van der Waals surface area contributed by atoms with Crippen molar-refractivity contribution in [3.05, 3.63) is 90.5 Å². The van der Waals surface area contributed by atoms with Gasteiger partial charge in [0.15, 0.2) is 0 Å². The number of thiazole rings is 2. The number of nitrogens with zero attached hydrogens (tertiary/aromatic N) is 2. The molecule has 0 saturated carbocycles. The fourth-order valence-electron chi connectivity index (χ4n) is 3.84. The van der Waals surface area contributed by atoms with Crippen molar-refractivity contribution in [3.63, 3.8) is 0 Å². The molecule has 0 radical (unpaired) electrons. The number of alkyl halides is 3. The lowest BCUT2D eigenvalue weighted by molar-refractivity contribution is -0.137. The molecule has 0 bridgehead atoms. The standard InChI is InChI=1S/C28H17F3N2O3S2/c1-34-20-10-11-22-25(15-20)38-26(32-22)35-19-8-5-16(6-9-19)17-3-2-4-21(13-17)36-27-33-23-14-18(28(29,30)31)7-12-24(23)37-27/h2-15H,1H3. The molecule has 38 heavy (non-hydrogen) atoms. The van der Waals surface area contributed by atoms with E-state index in [-0.39, 0.29) is 10.7 Å². The zero-order valence-corrected chi connectivity index (χ0v) is 21.3. The average Bonchev–Trinajstić information content (AvgIpc) is 3.50. The Morgan fingerprint density at radius 3 is 2.11 bits per heavy atom. The minimum absolute atomic E-state index is 0.249. The van der Waals surface area contributed by atoms with Gasteiger partial charge in [0.2, 0.25) is 0 Å². The molecule has 0 atom stereocenters. The number of hydrogen-bond acceptors (Lipinski definition) is 7. The quantitative estimate of drug-likeness (QED) is 0.207. The first-order valence-electron chi connectivity index (χ1n) is 11.3. The molecule has 0 aliphatic heterocycles. The fourth-order valence-corrected chi connectivity index (χ4v) is 5.52. The maximum atomic E-state index is 13.0. The third-order valence-electron chi connectivity index (χ3n) is 5.70. The molecule has 0 aliphatic rings. The van der Waals surface area contributed by atoms with Crippen LogP contribution in [0.25, 0.3) is 31.6 Å². The second-order valence-electron chi connectivity index (χ2n) is 8.23. The van der Waals surface area contributed by atoms with Gasteiger partial charge >= 0.3 is 6.18 Å². The summed E-state index contributed by atoms with van der Waals surface area (Å²) in [5.74, 6) is 1.95. The molecule has 2 aromatic heterocycles. The Kier molecular flexibility index (Phi) is 6.13. The number of rotatable bonds is 6. The lowest BCUT2D eigenvalue weighted by Crippen LogP contribution is -2.03. The Hall–Kier alpha value is -4.15. The van der Waals surface area contributed by atoms with E-state index in [2.05, 4.69) is 9.97 Å². The summed E-state index contributed by atoms with van der Waals surface area (Å²) in [6.07, 6.45) is -4.42. The number of methoxy groups -OCH3 is 1. The summed E-state index contributed by atoms with van der Waals surface area (Å²) in [6.45, 7) is 0. The summed E-state index contributed by atoms with van der Waals surface area (Å²) in [4.78, 5) is 8.74. The van der Waals surface area contributed by atoms with Gasteiger partial charge in [-0.05, 0) is 71.8 Å². The van der Waals surface area contributed by atoms with Gasteiger partial charge in [0.25, 0.3) is 10.4 Å². The van der Waals surface area contributed by atoms with Crippen molar-refractivity contribution >= 4 is 43.1 Å². The van der Waals surface area contributed by atoms with Crippen LogP contribution in [0.2, 0.25) is 0 Å². The predicted octanol–water partition coefficient (Wildman–Crippen LogP) is 9.18. The maximum Gasteiger partial charge on any atom is 0.416 e. The Bertz CT molecular complexity index is 1760. The van der Waals surface area contributed by atoms with Crippen LogP contribution in [0.4, 0.5) is 13.2 Å². The highest BCUT2D eigenvalue weighted by Gasteiger charge is 2.30. The van der Waals surface area contributed by atoms with Crippen LogP contribution in [-0.2, 0) is 6.18 Å². The average molecular weight is 551 g/mol. The topological polar surface area (TPSA) is 53.5 Å². The molecule has 0 N–H and O–H groups in total. The largest absolute Gasteiger partial charge is 0.497 e. The normalized spacial score (nSPS) is 11.7. The monoisotopic (exact) mass is 550 g/mol. The summed E-state index contributed by atoms with van der Waals surface area (Å²) in [5, 5.41) is 0.809. The minimum atomic E-state index is -4.42. The number of aromatic nitrogens is 2. The molecule has 0 aliphatic carbocycles. The smallest absolute Gasteiger partial charge is 0.416 e. The van der Waals surface area contributed by atoms with Gasteiger partial charge in [-0.1, -0.05) is 46.9 Å². The van der Waals surface area contributed by atoms with E-state index in [1.54, 1.807) is 13.2 Å². The van der Waals surface area contributed by atoms with Crippen molar-refractivity contribution in [2.24, 2.45) is 0 Å². The third-order valence-corrected chi connectivity index (χ3v) is 7.51. The third kappa shape index (κ3) is 5.00. The molecule has 6 rings (SSSR count). The predicted molar refractivity (Wildman–Crippen MR) is 143 cm³/mol. The van der Waals surface area contributed by atoms with Crippen LogP contribution in [0, 0.1) is 0 Å². The van der Waals surface area contributed by atoms with E-state index < -0.39 is 11.7 Å². The molecule has 0 spiro atoms. The van der Waals surface area contributed by atoms with Gasteiger partial charge < -0.3 is 14.2 Å². The van der Waals surface area contributed by atoms with Crippen molar-refractivity contribution in [2.75, 3.05) is 7.11 Å². The van der Waals surface area contributed by atoms with E-state index in [0.29, 0.717) is 21.4 Å². The van der Waals surface area contributed by atoms with Crippen molar-refractivity contribution in [2.45, 2.75) is 6.18 Å². The van der Waals surface area contributed by atoms with Crippen LogP contribution in [0.3, 0.4) is 0 Å².